The molecule has 0 aliphatic rings. The minimum atomic E-state index is -4.57. The number of unbranched alkanes of at least 4 members (excludes halogenated alkanes) is 4. The van der Waals surface area contributed by atoms with E-state index in [1.54, 1.807) is 24.3 Å². The molecule has 0 aliphatic heterocycles. The third-order valence-electron chi connectivity index (χ3n) is 4.17. The lowest BCUT2D eigenvalue weighted by Gasteiger charge is -2.14. The second-order valence-electron chi connectivity index (χ2n) is 6.67. The van der Waals surface area contributed by atoms with E-state index in [0.717, 1.165) is 44.1 Å². The molecule has 0 radical (unpaired) electrons. The standard InChI is InChI=1S/C21H28F3N3O2/c1-3-5-7-8-14-29-19-18(21(22,23)24)15-25-20(27-19)26-16-9-11-17(12-10-16)28-13-6-4-2/h9-12,15H,3-8,13-14H2,1-2H3,(H,25,26,27). The summed E-state index contributed by atoms with van der Waals surface area (Å²) in [6.45, 7) is 4.98. The molecule has 1 heterocycles. The smallest absolute Gasteiger partial charge is 0.423 e. The van der Waals surface area contributed by atoms with Crippen LogP contribution in [-0.4, -0.2) is 23.2 Å². The molecule has 0 atom stereocenters. The van der Waals surface area contributed by atoms with Crippen LogP contribution in [0.25, 0.3) is 0 Å². The van der Waals surface area contributed by atoms with E-state index < -0.39 is 17.6 Å². The zero-order valence-corrected chi connectivity index (χ0v) is 16.9. The monoisotopic (exact) mass is 411 g/mol. The number of halogens is 3. The van der Waals surface area contributed by atoms with Gasteiger partial charge < -0.3 is 14.8 Å². The number of benzene rings is 1. The van der Waals surface area contributed by atoms with E-state index in [1.165, 1.54) is 0 Å². The third kappa shape index (κ3) is 7.79. The van der Waals surface area contributed by atoms with Crippen molar-refractivity contribution in [3.05, 3.63) is 36.0 Å². The van der Waals surface area contributed by atoms with E-state index >= 15 is 0 Å². The van der Waals surface area contributed by atoms with Gasteiger partial charge in [-0.25, -0.2) is 4.98 Å². The van der Waals surface area contributed by atoms with Crippen molar-refractivity contribution in [2.75, 3.05) is 18.5 Å². The molecule has 0 saturated heterocycles. The molecule has 1 N–H and O–H groups in total. The average molecular weight is 411 g/mol. The molecule has 1 aromatic heterocycles. The van der Waals surface area contributed by atoms with Crippen molar-refractivity contribution in [1.82, 2.24) is 9.97 Å². The van der Waals surface area contributed by atoms with Gasteiger partial charge in [-0.3, -0.25) is 0 Å². The maximum absolute atomic E-state index is 13.2. The van der Waals surface area contributed by atoms with Crippen LogP contribution in [0.4, 0.5) is 24.8 Å². The average Bonchev–Trinajstić information content (AvgIpc) is 2.69. The topological polar surface area (TPSA) is 56.3 Å². The number of ether oxygens (including phenoxy) is 2. The summed E-state index contributed by atoms with van der Waals surface area (Å²) in [7, 11) is 0. The molecule has 0 aliphatic carbocycles. The molecule has 8 heteroatoms. The van der Waals surface area contributed by atoms with Crippen LogP contribution in [0.15, 0.2) is 30.5 Å². The first-order valence-corrected chi connectivity index (χ1v) is 10.0. The molecule has 160 valence electrons. The SMILES string of the molecule is CCCCCCOc1nc(Nc2ccc(OCCCC)cc2)ncc1C(F)(F)F. The highest BCUT2D eigenvalue weighted by atomic mass is 19.4. The predicted octanol–water partition coefficient (Wildman–Crippen LogP) is 6.38. The first-order valence-electron chi connectivity index (χ1n) is 10.0. The molecular formula is C21H28F3N3O2. The van der Waals surface area contributed by atoms with Crippen LogP contribution >= 0.6 is 0 Å². The molecule has 0 unspecified atom stereocenters. The van der Waals surface area contributed by atoms with Gasteiger partial charge in [-0.1, -0.05) is 39.5 Å². The van der Waals surface area contributed by atoms with Crippen LogP contribution < -0.4 is 14.8 Å². The summed E-state index contributed by atoms with van der Waals surface area (Å²) in [5.74, 6) is 0.320. The Hall–Kier alpha value is -2.51. The highest BCUT2D eigenvalue weighted by Crippen LogP contribution is 2.35. The Morgan fingerprint density at radius 3 is 2.24 bits per heavy atom. The first kappa shape index (κ1) is 22.8. The van der Waals surface area contributed by atoms with Crippen molar-refractivity contribution in [3.63, 3.8) is 0 Å². The summed E-state index contributed by atoms with van der Waals surface area (Å²) in [4.78, 5) is 7.73. The van der Waals surface area contributed by atoms with E-state index in [2.05, 4.69) is 29.1 Å². The molecule has 0 spiro atoms. The van der Waals surface area contributed by atoms with Crippen LogP contribution in [0.2, 0.25) is 0 Å². The molecule has 2 rings (SSSR count). The van der Waals surface area contributed by atoms with Crippen molar-refractivity contribution in [3.8, 4) is 11.6 Å². The van der Waals surface area contributed by atoms with E-state index in [-0.39, 0.29) is 12.6 Å². The van der Waals surface area contributed by atoms with Gasteiger partial charge in [0.1, 0.15) is 11.3 Å². The minimum Gasteiger partial charge on any atom is -0.494 e. The van der Waals surface area contributed by atoms with Crippen molar-refractivity contribution in [2.24, 2.45) is 0 Å². The van der Waals surface area contributed by atoms with E-state index in [0.29, 0.717) is 18.7 Å². The van der Waals surface area contributed by atoms with Crippen molar-refractivity contribution < 1.29 is 22.6 Å². The van der Waals surface area contributed by atoms with Crippen LogP contribution in [0, 0.1) is 0 Å². The zero-order valence-electron chi connectivity index (χ0n) is 16.9. The van der Waals surface area contributed by atoms with Crippen molar-refractivity contribution >= 4 is 11.6 Å². The molecule has 2 aromatic rings. The van der Waals surface area contributed by atoms with Crippen LogP contribution in [0.5, 0.6) is 11.6 Å². The maximum atomic E-state index is 13.2. The van der Waals surface area contributed by atoms with E-state index in [1.807, 2.05) is 0 Å². The number of rotatable bonds is 12. The fraction of sp³-hybridized carbons (Fsp3) is 0.524. The molecule has 5 nitrogen and oxygen atoms in total. The first-order chi connectivity index (χ1) is 13.9. The van der Waals surface area contributed by atoms with Gasteiger partial charge in [0.15, 0.2) is 0 Å². The van der Waals surface area contributed by atoms with Gasteiger partial charge in [0.2, 0.25) is 11.8 Å². The minimum absolute atomic E-state index is 0.0428. The lowest BCUT2D eigenvalue weighted by Crippen LogP contribution is -2.13. The Labute approximate surface area is 169 Å². The van der Waals surface area contributed by atoms with Crippen molar-refractivity contribution in [2.45, 2.75) is 58.5 Å². The summed E-state index contributed by atoms with van der Waals surface area (Å²) >= 11 is 0. The second kappa shape index (κ2) is 11.5. The number of nitrogens with zero attached hydrogens (tertiary/aromatic N) is 2. The van der Waals surface area contributed by atoms with Crippen molar-refractivity contribution in [1.29, 1.82) is 0 Å². The highest BCUT2D eigenvalue weighted by molar-refractivity contribution is 5.55. The second-order valence-corrected chi connectivity index (χ2v) is 6.67. The molecule has 1 aromatic carbocycles. The normalized spacial score (nSPS) is 11.3. The maximum Gasteiger partial charge on any atom is 0.423 e. The predicted molar refractivity (Wildman–Crippen MR) is 107 cm³/mol. The van der Waals surface area contributed by atoms with Gasteiger partial charge in [0.25, 0.3) is 0 Å². The Kier molecular flexibility index (Phi) is 9.02. The van der Waals surface area contributed by atoms with Crippen LogP contribution in [-0.2, 0) is 6.18 Å². The summed E-state index contributed by atoms with van der Waals surface area (Å²) in [6, 6.07) is 7.08. The van der Waals surface area contributed by atoms with E-state index in [4.69, 9.17) is 9.47 Å². The summed E-state index contributed by atoms with van der Waals surface area (Å²) in [5.41, 5.74) is -0.334. The third-order valence-corrected chi connectivity index (χ3v) is 4.17. The van der Waals surface area contributed by atoms with Crippen LogP contribution in [0.1, 0.15) is 57.9 Å². The number of anilines is 2. The van der Waals surface area contributed by atoms with Gasteiger partial charge in [-0.2, -0.15) is 18.2 Å². The summed E-state index contributed by atoms with van der Waals surface area (Å²) in [5, 5.41) is 2.90. The largest absolute Gasteiger partial charge is 0.494 e. The molecule has 0 fully saturated rings. The van der Waals surface area contributed by atoms with Gasteiger partial charge >= 0.3 is 6.18 Å². The lowest BCUT2D eigenvalue weighted by molar-refractivity contribution is -0.139. The van der Waals surface area contributed by atoms with E-state index in [9.17, 15) is 13.2 Å². The van der Waals surface area contributed by atoms with Gasteiger partial charge in [0, 0.05) is 11.9 Å². The number of alkyl halides is 3. The summed E-state index contributed by atoms with van der Waals surface area (Å²) in [6.07, 6.45) is 1.84. The van der Waals surface area contributed by atoms with Gasteiger partial charge in [-0.05, 0) is 37.1 Å². The number of nitrogens with one attached hydrogen (secondary N) is 1. The Morgan fingerprint density at radius 1 is 0.897 bits per heavy atom. The van der Waals surface area contributed by atoms with Crippen LogP contribution in [0.3, 0.4) is 0 Å². The Bertz CT molecular complexity index is 737. The molecule has 0 bridgehead atoms. The highest BCUT2D eigenvalue weighted by Gasteiger charge is 2.36. The molecule has 0 saturated carbocycles. The number of aromatic nitrogens is 2. The number of hydrogen-bond acceptors (Lipinski definition) is 5. The summed E-state index contributed by atoms with van der Waals surface area (Å²) < 4.78 is 50.6. The molecular weight excluding hydrogens is 383 g/mol. The fourth-order valence-electron chi connectivity index (χ4n) is 2.53. The molecule has 29 heavy (non-hydrogen) atoms. The zero-order chi connectivity index (χ0) is 21.1. The fourth-order valence-corrected chi connectivity index (χ4v) is 2.53. The Balaban J connectivity index is 2.05. The van der Waals surface area contributed by atoms with Gasteiger partial charge in [-0.15, -0.1) is 0 Å². The molecule has 0 amide bonds. The Morgan fingerprint density at radius 2 is 1.59 bits per heavy atom. The lowest BCUT2D eigenvalue weighted by atomic mass is 10.2. The quantitative estimate of drug-likeness (QED) is 0.411. The number of hydrogen-bond donors (Lipinski definition) is 1. The van der Waals surface area contributed by atoms with Gasteiger partial charge in [0.05, 0.1) is 13.2 Å².